The molecule has 1 heterocycles. The first kappa shape index (κ1) is 19.0. The first-order valence-corrected chi connectivity index (χ1v) is 9.59. The lowest BCUT2D eigenvalue weighted by molar-refractivity contribution is -0.920. The predicted octanol–water partition coefficient (Wildman–Crippen LogP) is 2.91. The molecule has 0 aliphatic rings. The molecule has 0 bridgehead atoms. The first-order valence-electron chi connectivity index (χ1n) is 9.59. The number of quaternary nitrogens is 1. The van der Waals surface area contributed by atoms with E-state index in [4.69, 9.17) is 0 Å². The summed E-state index contributed by atoms with van der Waals surface area (Å²) in [6, 6.07) is 24.8. The second-order valence-corrected chi connectivity index (χ2v) is 7.23. The second-order valence-electron chi connectivity index (χ2n) is 7.23. The lowest BCUT2D eigenvalue weighted by Gasteiger charge is -2.25. The van der Waals surface area contributed by atoms with E-state index < -0.39 is 0 Å². The number of para-hydroxylation sites is 1. The van der Waals surface area contributed by atoms with E-state index in [-0.39, 0.29) is 11.9 Å². The Labute approximate surface area is 169 Å². The van der Waals surface area contributed by atoms with Crippen LogP contribution >= 0.6 is 0 Å². The molecule has 0 aliphatic heterocycles. The Morgan fingerprint density at radius 2 is 1.62 bits per heavy atom. The van der Waals surface area contributed by atoms with Crippen LogP contribution < -0.4 is 4.90 Å². The third-order valence-corrected chi connectivity index (χ3v) is 5.12. The van der Waals surface area contributed by atoms with E-state index in [9.17, 15) is 4.39 Å². The highest BCUT2D eigenvalue weighted by Gasteiger charge is 2.30. The monoisotopic (exact) mass is 388 g/mol. The van der Waals surface area contributed by atoms with Crippen molar-refractivity contribution in [1.29, 1.82) is 0 Å². The Morgan fingerprint density at radius 1 is 0.931 bits per heavy atom. The van der Waals surface area contributed by atoms with E-state index >= 15 is 0 Å². The Morgan fingerprint density at radius 3 is 2.34 bits per heavy atom. The molecule has 0 saturated carbocycles. The van der Waals surface area contributed by atoms with Crippen LogP contribution in [0.4, 0.5) is 4.39 Å². The summed E-state index contributed by atoms with van der Waals surface area (Å²) in [7, 11) is 2.11. The number of nitrogens with one attached hydrogen (secondary N) is 1. The molecule has 146 valence electrons. The summed E-state index contributed by atoms with van der Waals surface area (Å²) in [6.07, 6.45) is 0. The maximum atomic E-state index is 13.3. The third-order valence-electron chi connectivity index (χ3n) is 5.12. The van der Waals surface area contributed by atoms with Crippen LogP contribution in [0.15, 0.2) is 78.9 Å². The fraction of sp³-hybridized carbons (Fsp3) is 0.174. The molecule has 29 heavy (non-hydrogen) atoms. The summed E-state index contributed by atoms with van der Waals surface area (Å²) in [4.78, 5) is 1.19. The number of halogens is 1. The molecule has 6 heteroatoms. The normalized spacial score (nSPS) is 13.2. The van der Waals surface area contributed by atoms with Crippen LogP contribution in [-0.4, -0.2) is 27.3 Å². The van der Waals surface area contributed by atoms with E-state index in [0.29, 0.717) is 6.54 Å². The van der Waals surface area contributed by atoms with Crippen LogP contribution in [0.3, 0.4) is 0 Å². The van der Waals surface area contributed by atoms with E-state index in [1.54, 1.807) is 0 Å². The summed E-state index contributed by atoms with van der Waals surface area (Å²) in [5.41, 5.74) is 4.24. The topological polar surface area (TPSA) is 48.0 Å². The maximum Gasteiger partial charge on any atom is 0.218 e. The zero-order chi connectivity index (χ0) is 20.2. The van der Waals surface area contributed by atoms with Crippen molar-refractivity contribution in [3.8, 4) is 5.69 Å². The molecule has 0 saturated heterocycles. The molecule has 4 rings (SSSR count). The molecular formula is C23H23FN5+. The average Bonchev–Trinajstić information content (AvgIpc) is 3.20. The molecule has 4 aromatic rings. The number of benzene rings is 3. The SMILES string of the molecule is Cc1ccccc1-n1nnnc1[C@H](c1ccccc1)[NH+](C)Cc1ccc(F)cc1. The van der Waals surface area contributed by atoms with Gasteiger partial charge in [0.05, 0.1) is 12.7 Å². The molecule has 1 aromatic heterocycles. The number of aryl methyl sites for hydroxylation is 1. The second kappa shape index (κ2) is 8.32. The Kier molecular flexibility index (Phi) is 5.44. The van der Waals surface area contributed by atoms with Gasteiger partial charge in [-0.25, -0.2) is 4.39 Å². The van der Waals surface area contributed by atoms with Crippen LogP contribution in [0.25, 0.3) is 5.69 Å². The van der Waals surface area contributed by atoms with Crippen LogP contribution in [0, 0.1) is 12.7 Å². The van der Waals surface area contributed by atoms with Gasteiger partial charge in [0.2, 0.25) is 5.82 Å². The van der Waals surface area contributed by atoms with Crippen LogP contribution in [0.2, 0.25) is 0 Å². The van der Waals surface area contributed by atoms with Gasteiger partial charge in [0.15, 0.2) is 6.04 Å². The minimum atomic E-state index is -0.227. The molecule has 0 radical (unpaired) electrons. The van der Waals surface area contributed by atoms with Crippen molar-refractivity contribution in [2.24, 2.45) is 0 Å². The van der Waals surface area contributed by atoms with Gasteiger partial charge in [0, 0.05) is 11.1 Å². The third kappa shape index (κ3) is 4.07. The van der Waals surface area contributed by atoms with Gasteiger partial charge in [0.25, 0.3) is 0 Å². The first-order chi connectivity index (χ1) is 14.1. The van der Waals surface area contributed by atoms with Crippen molar-refractivity contribution < 1.29 is 9.29 Å². The van der Waals surface area contributed by atoms with E-state index in [1.807, 2.05) is 66.2 Å². The largest absolute Gasteiger partial charge is 0.321 e. The molecule has 3 aromatic carbocycles. The molecule has 5 nitrogen and oxygen atoms in total. The molecule has 0 aliphatic carbocycles. The van der Waals surface area contributed by atoms with Crippen molar-refractivity contribution in [2.45, 2.75) is 19.5 Å². The van der Waals surface area contributed by atoms with Gasteiger partial charge in [0.1, 0.15) is 12.4 Å². The van der Waals surface area contributed by atoms with Gasteiger partial charge >= 0.3 is 0 Å². The number of hydrogen-bond acceptors (Lipinski definition) is 3. The minimum Gasteiger partial charge on any atom is -0.321 e. The quantitative estimate of drug-likeness (QED) is 0.553. The van der Waals surface area contributed by atoms with Crippen molar-refractivity contribution >= 4 is 0 Å². The molecule has 0 spiro atoms. The zero-order valence-electron chi connectivity index (χ0n) is 16.5. The van der Waals surface area contributed by atoms with E-state index in [0.717, 1.165) is 28.2 Å². The number of tetrazole rings is 1. The van der Waals surface area contributed by atoms with E-state index in [2.05, 4.69) is 34.7 Å². The fourth-order valence-electron chi connectivity index (χ4n) is 3.67. The lowest BCUT2D eigenvalue weighted by atomic mass is 10.0. The maximum absolute atomic E-state index is 13.3. The summed E-state index contributed by atoms with van der Waals surface area (Å²) in [5, 5.41) is 12.7. The number of nitrogens with zero attached hydrogens (tertiary/aromatic N) is 4. The van der Waals surface area contributed by atoms with Crippen molar-refractivity contribution in [3.63, 3.8) is 0 Å². The lowest BCUT2D eigenvalue weighted by Crippen LogP contribution is -3.08. The highest BCUT2D eigenvalue weighted by molar-refractivity contribution is 5.40. The molecule has 2 atom stereocenters. The van der Waals surface area contributed by atoms with Crippen LogP contribution in [0.1, 0.15) is 28.6 Å². The molecule has 1 N–H and O–H groups in total. The summed E-state index contributed by atoms with van der Waals surface area (Å²) in [6.45, 7) is 2.76. The molecule has 0 amide bonds. The molecule has 1 unspecified atom stereocenters. The fourth-order valence-corrected chi connectivity index (χ4v) is 3.67. The Hall–Kier alpha value is -3.38. The van der Waals surface area contributed by atoms with Gasteiger partial charge in [-0.15, -0.1) is 5.10 Å². The number of hydrogen-bond donors (Lipinski definition) is 1. The van der Waals surface area contributed by atoms with Crippen LogP contribution in [0.5, 0.6) is 0 Å². The Balaban J connectivity index is 1.76. The van der Waals surface area contributed by atoms with Gasteiger partial charge in [-0.05, 0) is 41.1 Å². The van der Waals surface area contributed by atoms with Crippen molar-refractivity contribution in [2.75, 3.05) is 7.05 Å². The van der Waals surface area contributed by atoms with E-state index in [1.165, 1.54) is 17.0 Å². The molecular weight excluding hydrogens is 365 g/mol. The predicted molar refractivity (Wildman–Crippen MR) is 109 cm³/mol. The summed E-state index contributed by atoms with van der Waals surface area (Å²) >= 11 is 0. The van der Waals surface area contributed by atoms with Crippen molar-refractivity contribution in [1.82, 2.24) is 20.2 Å². The highest BCUT2D eigenvalue weighted by Crippen LogP contribution is 2.21. The Bertz CT molecular complexity index is 1080. The minimum absolute atomic E-state index is 0.0872. The van der Waals surface area contributed by atoms with Gasteiger partial charge in [-0.3, -0.25) is 0 Å². The van der Waals surface area contributed by atoms with Gasteiger partial charge in [-0.2, -0.15) is 4.68 Å². The zero-order valence-corrected chi connectivity index (χ0v) is 16.5. The highest BCUT2D eigenvalue weighted by atomic mass is 19.1. The molecule has 0 fully saturated rings. The number of rotatable bonds is 6. The number of aromatic nitrogens is 4. The van der Waals surface area contributed by atoms with Crippen LogP contribution in [-0.2, 0) is 6.54 Å². The summed E-state index contributed by atoms with van der Waals surface area (Å²) in [5.74, 6) is 0.541. The van der Waals surface area contributed by atoms with Gasteiger partial charge in [-0.1, -0.05) is 60.7 Å². The van der Waals surface area contributed by atoms with Crippen molar-refractivity contribution in [3.05, 3.63) is 107 Å². The average molecular weight is 388 g/mol. The standard InChI is InChI=1S/C23H22FN5/c1-17-8-6-7-11-21(17)29-23(25-26-27-29)22(19-9-4-3-5-10-19)28(2)16-18-12-14-20(24)15-13-18/h3-15,22H,16H2,1-2H3/p+1/t22-/m0/s1. The van der Waals surface area contributed by atoms with Gasteiger partial charge < -0.3 is 4.90 Å². The summed E-state index contributed by atoms with van der Waals surface area (Å²) < 4.78 is 15.1. The smallest absolute Gasteiger partial charge is 0.218 e.